The summed E-state index contributed by atoms with van der Waals surface area (Å²) in [6, 6.07) is -0.174. The molecule has 1 atom stereocenters. The predicted molar refractivity (Wildman–Crippen MR) is 65.6 cm³/mol. The van der Waals surface area contributed by atoms with E-state index in [2.05, 4.69) is 15.5 Å². The highest BCUT2D eigenvalue weighted by atomic mass is 16.2. The van der Waals surface area contributed by atoms with E-state index in [-0.39, 0.29) is 24.4 Å². The van der Waals surface area contributed by atoms with Crippen molar-refractivity contribution in [2.75, 3.05) is 46.8 Å². The fourth-order valence-electron chi connectivity index (χ4n) is 1.70. The van der Waals surface area contributed by atoms with Crippen LogP contribution >= 0.6 is 0 Å². The number of hydrogen-bond donors (Lipinski definition) is 2. The van der Waals surface area contributed by atoms with E-state index in [1.54, 1.807) is 14.1 Å². The smallest absolute Gasteiger partial charge is 0.241 e. The first-order chi connectivity index (χ1) is 8.02. The second-order valence-corrected chi connectivity index (χ2v) is 4.47. The van der Waals surface area contributed by atoms with Crippen LogP contribution in [0.1, 0.15) is 6.92 Å². The first kappa shape index (κ1) is 13.9. The van der Waals surface area contributed by atoms with Crippen molar-refractivity contribution in [3.8, 4) is 0 Å². The normalized spacial score (nSPS) is 18.5. The third-order valence-electron chi connectivity index (χ3n) is 2.99. The summed E-state index contributed by atoms with van der Waals surface area (Å²) in [6.07, 6.45) is 0. The van der Waals surface area contributed by atoms with Gasteiger partial charge in [0.1, 0.15) is 0 Å². The zero-order valence-electron chi connectivity index (χ0n) is 10.8. The Hall–Kier alpha value is -1.14. The van der Waals surface area contributed by atoms with Gasteiger partial charge in [-0.3, -0.25) is 14.5 Å². The van der Waals surface area contributed by atoms with Crippen LogP contribution < -0.4 is 10.6 Å². The molecule has 0 aromatic heterocycles. The van der Waals surface area contributed by atoms with E-state index in [9.17, 15) is 9.59 Å². The van der Waals surface area contributed by atoms with Crippen molar-refractivity contribution in [1.82, 2.24) is 20.4 Å². The van der Waals surface area contributed by atoms with Gasteiger partial charge in [-0.2, -0.15) is 0 Å². The molecule has 1 heterocycles. The molecule has 1 rings (SSSR count). The monoisotopic (exact) mass is 242 g/mol. The van der Waals surface area contributed by atoms with Gasteiger partial charge in [0.05, 0.1) is 12.6 Å². The van der Waals surface area contributed by atoms with E-state index in [1.807, 2.05) is 6.92 Å². The molecule has 0 bridgehead atoms. The van der Waals surface area contributed by atoms with Crippen LogP contribution in [0.5, 0.6) is 0 Å². The van der Waals surface area contributed by atoms with E-state index in [1.165, 1.54) is 4.90 Å². The standard InChI is InChI=1S/C11H22N4O2/c1-9(15-6-4-12-5-7-15)11(17)13-8-10(16)14(2)3/h9,12H,4-8H2,1-3H3,(H,13,17). The van der Waals surface area contributed by atoms with E-state index in [4.69, 9.17) is 0 Å². The van der Waals surface area contributed by atoms with Crippen molar-refractivity contribution < 1.29 is 9.59 Å². The lowest BCUT2D eigenvalue weighted by Crippen LogP contribution is -2.53. The quantitative estimate of drug-likeness (QED) is 0.629. The fraction of sp³-hybridized carbons (Fsp3) is 0.818. The summed E-state index contributed by atoms with van der Waals surface area (Å²) >= 11 is 0. The Labute approximate surface area is 102 Å². The van der Waals surface area contributed by atoms with Crippen LogP contribution in [0.3, 0.4) is 0 Å². The van der Waals surface area contributed by atoms with Gasteiger partial charge in [-0.05, 0) is 6.92 Å². The minimum Gasteiger partial charge on any atom is -0.347 e. The number of rotatable bonds is 4. The molecule has 1 aliphatic rings. The minimum atomic E-state index is -0.174. The Balaban J connectivity index is 2.33. The van der Waals surface area contributed by atoms with Gasteiger partial charge in [-0.25, -0.2) is 0 Å². The van der Waals surface area contributed by atoms with Gasteiger partial charge in [0.15, 0.2) is 0 Å². The van der Waals surface area contributed by atoms with Gasteiger partial charge in [-0.15, -0.1) is 0 Å². The summed E-state index contributed by atoms with van der Waals surface area (Å²) in [4.78, 5) is 26.7. The molecule has 2 amide bonds. The van der Waals surface area contributed by atoms with Gasteiger partial charge in [-0.1, -0.05) is 0 Å². The van der Waals surface area contributed by atoms with Crippen molar-refractivity contribution in [1.29, 1.82) is 0 Å². The first-order valence-electron chi connectivity index (χ1n) is 5.95. The van der Waals surface area contributed by atoms with Gasteiger partial charge in [0.25, 0.3) is 0 Å². The van der Waals surface area contributed by atoms with Crippen LogP contribution in [0.4, 0.5) is 0 Å². The van der Waals surface area contributed by atoms with Crippen molar-refractivity contribution in [2.45, 2.75) is 13.0 Å². The van der Waals surface area contributed by atoms with Crippen LogP contribution in [0.25, 0.3) is 0 Å². The molecule has 17 heavy (non-hydrogen) atoms. The van der Waals surface area contributed by atoms with E-state index < -0.39 is 0 Å². The molecule has 0 saturated carbocycles. The molecule has 0 spiro atoms. The number of carbonyl (C=O) groups excluding carboxylic acids is 2. The lowest BCUT2D eigenvalue weighted by Gasteiger charge is -2.31. The van der Waals surface area contributed by atoms with Crippen LogP contribution in [0.15, 0.2) is 0 Å². The maximum Gasteiger partial charge on any atom is 0.241 e. The topological polar surface area (TPSA) is 64.7 Å². The second kappa shape index (κ2) is 6.56. The average Bonchev–Trinajstić information content (AvgIpc) is 2.35. The Kier molecular flexibility index (Phi) is 5.37. The number of amides is 2. The fourth-order valence-corrected chi connectivity index (χ4v) is 1.70. The average molecular weight is 242 g/mol. The van der Waals surface area contributed by atoms with Crippen LogP contribution in [0.2, 0.25) is 0 Å². The number of likely N-dealkylation sites (N-methyl/N-ethyl adjacent to an activating group) is 1. The number of carbonyl (C=O) groups is 2. The lowest BCUT2D eigenvalue weighted by atomic mass is 10.2. The molecule has 6 heteroatoms. The maximum atomic E-state index is 11.8. The lowest BCUT2D eigenvalue weighted by molar-refractivity contribution is -0.132. The van der Waals surface area contributed by atoms with Crippen molar-refractivity contribution >= 4 is 11.8 Å². The number of nitrogens with one attached hydrogen (secondary N) is 2. The van der Waals surface area contributed by atoms with Crippen molar-refractivity contribution in [3.63, 3.8) is 0 Å². The zero-order chi connectivity index (χ0) is 12.8. The third kappa shape index (κ3) is 4.32. The molecule has 98 valence electrons. The highest BCUT2D eigenvalue weighted by molar-refractivity contribution is 5.87. The molecule has 0 radical (unpaired) electrons. The van der Waals surface area contributed by atoms with Crippen molar-refractivity contribution in [3.05, 3.63) is 0 Å². The van der Waals surface area contributed by atoms with Crippen LogP contribution in [-0.4, -0.2) is 74.5 Å². The van der Waals surface area contributed by atoms with Crippen LogP contribution in [0, 0.1) is 0 Å². The Bertz CT molecular complexity index is 275. The van der Waals surface area contributed by atoms with E-state index in [0.29, 0.717) is 0 Å². The Morgan fingerprint density at radius 2 is 1.94 bits per heavy atom. The predicted octanol–water partition coefficient (Wildman–Crippen LogP) is -1.52. The number of nitrogens with zero attached hydrogens (tertiary/aromatic N) is 2. The molecular weight excluding hydrogens is 220 g/mol. The molecule has 0 aromatic rings. The molecule has 6 nitrogen and oxygen atoms in total. The summed E-state index contributed by atoms with van der Waals surface area (Å²) in [5.41, 5.74) is 0. The molecule has 1 unspecified atom stereocenters. The summed E-state index contributed by atoms with van der Waals surface area (Å²) in [6.45, 7) is 5.51. The summed E-state index contributed by atoms with van der Waals surface area (Å²) < 4.78 is 0. The highest BCUT2D eigenvalue weighted by Gasteiger charge is 2.22. The van der Waals surface area contributed by atoms with E-state index in [0.717, 1.165) is 26.2 Å². The number of piperazine rings is 1. The van der Waals surface area contributed by atoms with Gasteiger partial charge >= 0.3 is 0 Å². The van der Waals surface area contributed by atoms with Gasteiger partial charge < -0.3 is 15.5 Å². The third-order valence-corrected chi connectivity index (χ3v) is 2.99. The molecule has 1 saturated heterocycles. The minimum absolute atomic E-state index is 0.0717. The molecule has 1 aliphatic heterocycles. The SMILES string of the molecule is CC(C(=O)NCC(=O)N(C)C)N1CCNCC1. The van der Waals surface area contributed by atoms with E-state index >= 15 is 0 Å². The van der Waals surface area contributed by atoms with Crippen LogP contribution in [-0.2, 0) is 9.59 Å². The number of hydrogen-bond acceptors (Lipinski definition) is 4. The summed E-state index contributed by atoms with van der Waals surface area (Å²) in [5, 5.41) is 5.91. The largest absolute Gasteiger partial charge is 0.347 e. The zero-order valence-corrected chi connectivity index (χ0v) is 10.8. The summed E-state index contributed by atoms with van der Waals surface area (Å²) in [5.74, 6) is -0.173. The van der Waals surface area contributed by atoms with Gasteiger partial charge in [0, 0.05) is 40.3 Å². The molecule has 0 aromatic carbocycles. The Morgan fingerprint density at radius 1 is 1.35 bits per heavy atom. The molecular formula is C11H22N4O2. The second-order valence-electron chi connectivity index (χ2n) is 4.47. The first-order valence-corrected chi connectivity index (χ1v) is 5.95. The van der Waals surface area contributed by atoms with Crippen molar-refractivity contribution in [2.24, 2.45) is 0 Å². The Morgan fingerprint density at radius 3 is 2.47 bits per heavy atom. The molecule has 0 aliphatic carbocycles. The van der Waals surface area contributed by atoms with Gasteiger partial charge in [0.2, 0.25) is 11.8 Å². The molecule has 2 N–H and O–H groups in total. The summed E-state index contributed by atoms with van der Waals surface area (Å²) in [7, 11) is 3.35. The molecule has 1 fully saturated rings. The highest BCUT2D eigenvalue weighted by Crippen LogP contribution is 2.00. The maximum absolute atomic E-state index is 11.8.